The minimum absolute atomic E-state index is 0.0684. The SMILES string of the molecule is CC(C)C(NC(=O)c1cnn(CC(=O)NC2CCCCC2)c1)c1nncn1C. The fraction of sp³-hybridized carbons (Fsp3) is 0.632. The van der Waals surface area contributed by atoms with Crippen molar-refractivity contribution in [1.82, 2.24) is 35.2 Å². The molecule has 3 rings (SSSR count). The van der Waals surface area contributed by atoms with Crippen LogP contribution in [0.2, 0.25) is 0 Å². The highest BCUT2D eigenvalue weighted by atomic mass is 16.2. The molecule has 2 aromatic rings. The Morgan fingerprint density at radius 1 is 1.25 bits per heavy atom. The largest absolute Gasteiger partial charge is 0.352 e. The lowest BCUT2D eigenvalue weighted by atomic mass is 9.95. The molecule has 0 spiro atoms. The van der Waals surface area contributed by atoms with E-state index in [-0.39, 0.29) is 36.4 Å². The van der Waals surface area contributed by atoms with Crippen LogP contribution in [-0.2, 0) is 18.4 Å². The monoisotopic (exact) mass is 387 g/mol. The van der Waals surface area contributed by atoms with E-state index in [1.807, 2.05) is 20.9 Å². The van der Waals surface area contributed by atoms with Crippen molar-refractivity contribution in [3.8, 4) is 0 Å². The summed E-state index contributed by atoms with van der Waals surface area (Å²) >= 11 is 0. The number of carbonyl (C=O) groups is 2. The Hall–Kier alpha value is -2.71. The number of aromatic nitrogens is 5. The van der Waals surface area contributed by atoms with Gasteiger partial charge in [0, 0.05) is 19.3 Å². The van der Waals surface area contributed by atoms with E-state index in [1.54, 1.807) is 17.1 Å². The van der Waals surface area contributed by atoms with E-state index >= 15 is 0 Å². The summed E-state index contributed by atoms with van der Waals surface area (Å²) in [6.45, 7) is 4.14. The zero-order valence-corrected chi connectivity index (χ0v) is 16.8. The van der Waals surface area contributed by atoms with Crippen LogP contribution < -0.4 is 10.6 Å². The minimum atomic E-state index is -0.266. The van der Waals surface area contributed by atoms with E-state index in [0.29, 0.717) is 11.4 Å². The second-order valence-electron chi connectivity index (χ2n) is 7.82. The van der Waals surface area contributed by atoms with Crippen molar-refractivity contribution in [2.75, 3.05) is 0 Å². The lowest BCUT2D eigenvalue weighted by molar-refractivity contribution is -0.122. The lowest BCUT2D eigenvalue weighted by Gasteiger charge is -2.22. The van der Waals surface area contributed by atoms with Gasteiger partial charge in [-0.1, -0.05) is 33.1 Å². The van der Waals surface area contributed by atoms with Crippen molar-refractivity contribution in [2.24, 2.45) is 13.0 Å². The van der Waals surface area contributed by atoms with Gasteiger partial charge in [0.2, 0.25) is 5.91 Å². The number of hydrogen-bond acceptors (Lipinski definition) is 5. The summed E-state index contributed by atoms with van der Waals surface area (Å²) in [7, 11) is 1.85. The highest BCUT2D eigenvalue weighted by Crippen LogP contribution is 2.20. The molecule has 0 bridgehead atoms. The molecule has 2 amide bonds. The quantitative estimate of drug-likeness (QED) is 0.750. The molecule has 9 heteroatoms. The van der Waals surface area contributed by atoms with Crippen LogP contribution in [0.3, 0.4) is 0 Å². The van der Waals surface area contributed by atoms with Crippen LogP contribution in [0.4, 0.5) is 0 Å². The molecule has 152 valence electrons. The zero-order chi connectivity index (χ0) is 20.1. The summed E-state index contributed by atoms with van der Waals surface area (Å²) in [6, 6.07) is -0.00396. The van der Waals surface area contributed by atoms with Crippen LogP contribution >= 0.6 is 0 Å². The summed E-state index contributed by atoms with van der Waals surface area (Å²) in [5.74, 6) is 0.521. The van der Waals surface area contributed by atoms with Crippen LogP contribution in [-0.4, -0.2) is 42.4 Å². The van der Waals surface area contributed by atoms with Crippen molar-refractivity contribution in [1.29, 1.82) is 0 Å². The van der Waals surface area contributed by atoms with Crippen molar-refractivity contribution in [3.63, 3.8) is 0 Å². The Kier molecular flexibility index (Phi) is 6.43. The summed E-state index contributed by atoms with van der Waals surface area (Å²) < 4.78 is 3.30. The first-order valence-corrected chi connectivity index (χ1v) is 9.90. The first-order chi connectivity index (χ1) is 13.4. The van der Waals surface area contributed by atoms with Crippen LogP contribution in [0.25, 0.3) is 0 Å². The van der Waals surface area contributed by atoms with E-state index in [2.05, 4.69) is 25.9 Å². The van der Waals surface area contributed by atoms with E-state index in [9.17, 15) is 9.59 Å². The van der Waals surface area contributed by atoms with Crippen LogP contribution in [0, 0.1) is 5.92 Å². The number of rotatable bonds is 7. The highest BCUT2D eigenvalue weighted by Gasteiger charge is 2.24. The van der Waals surface area contributed by atoms with Gasteiger partial charge in [-0.15, -0.1) is 10.2 Å². The molecule has 0 saturated heterocycles. The summed E-state index contributed by atoms with van der Waals surface area (Å²) in [5, 5.41) is 18.2. The predicted octanol–water partition coefficient (Wildman–Crippen LogP) is 1.59. The molecule has 9 nitrogen and oxygen atoms in total. The smallest absolute Gasteiger partial charge is 0.255 e. The topological polar surface area (TPSA) is 107 Å². The summed E-state index contributed by atoms with van der Waals surface area (Å²) in [4.78, 5) is 24.9. The van der Waals surface area contributed by atoms with Crippen molar-refractivity contribution in [2.45, 2.75) is 64.6 Å². The summed E-state index contributed by atoms with van der Waals surface area (Å²) in [5.41, 5.74) is 0.415. The molecular weight excluding hydrogens is 358 g/mol. The first kappa shape index (κ1) is 20.0. The van der Waals surface area contributed by atoms with Gasteiger partial charge in [0.15, 0.2) is 5.82 Å². The number of aryl methyl sites for hydroxylation is 1. The Balaban J connectivity index is 1.58. The minimum Gasteiger partial charge on any atom is -0.352 e. The molecule has 1 unspecified atom stereocenters. The van der Waals surface area contributed by atoms with Gasteiger partial charge in [0.25, 0.3) is 5.91 Å². The van der Waals surface area contributed by atoms with Crippen molar-refractivity contribution < 1.29 is 9.59 Å². The number of carbonyl (C=O) groups excluding carboxylic acids is 2. The molecule has 28 heavy (non-hydrogen) atoms. The Labute approximate surface area is 164 Å². The number of hydrogen-bond donors (Lipinski definition) is 2. The maximum atomic E-state index is 12.7. The van der Waals surface area contributed by atoms with E-state index < -0.39 is 0 Å². The predicted molar refractivity (Wildman–Crippen MR) is 103 cm³/mol. The Morgan fingerprint density at radius 2 is 2.00 bits per heavy atom. The van der Waals surface area contributed by atoms with Crippen LogP contribution in [0.5, 0.6) is 0 Å². The van der Waals surface area contributed by atoms with Gasteiger partial charge in [0.1, 0.15) is 12.9 Å². The maximum Gasteiger partial charge on any atom is 0.255 e. The Bertz CT molecular complexity index is 805. The molecule has 1 atom stereocenters. The third-order valence-electron chi connectivity index (χ3n) is 5.15. The molecule has 2 aromatic heterocycles. The molecule has 1 aliphatic carbocycles. The molecule has 2 N–H and O–H groups in total. The van der Waals surface area contributed by atoms with E-state index in [1.165, 1.54) is 30.1 Å². The average molecular weight is 387 g/mol. The van der Waals surface area contributed by atoms with Gasteiger partial charge >= 0.3 is 0 Å². The third kappa shape index (κ3) is 4.96. The van der Waals surface area contributed by atoms with Gasteiger partial charge in [-0.25, -0.2) is 0 Å². The highest BCUT2D eigenvalue weighted by molar-refractivity contribution is 5.94. The zero-order valence-electron chi connectivity index (χ0n) is 16.8. The molecule has 1 saturated carbocycles. The molecule has 0 aliphatic heterocycles. The van der Waals surface area contributed by atoms with E-state index in [4.69, 9.17) is 0 Å². The third-order valence-corrected chi connectivity index (χ3v) is 5.15. The average Bonchev–Trinajstić information content (AvgIpc) is 3.29. The molecule has 0 aromatic carbocycles. The standard InChI is InChI=1S/C19H29N7O2/c1-13(2)17(18-24-20-12-25(18)3)23-19(28)14-9-21-26(10-14)11-16(27)22-15-7-5-4-6-8-15/h9-10,12-13,15,17H,4-8,11H2,1-3H3,(H,22,27)(H,23,28). The number of nitrogens with zero attached hydrogens (tertiary/aromatic N) is 5. The first-order valence-electron chi connectivity index (χ1n) is 9.90. The van der Waals surface area contributed by atoms with Gasteiger partial charge in [-0.3, -0.25) is 14.3 Å². The molecular formula is C19H29N7O2. The fourth-order valence-corrected chi connectivity index (χ4v) is 3.56. The maximum absolute atomic E-state index is 12.7. The van der Waals surface area contributed by atoms with Gasteiger partial charge < -0.3 is 15.2 Å². The van der Waals surface area contributed by atoms with Gasteiger partial charge in [-0.05, 0) is 18.8 Å². The second kappa shape index (κ2) is 8.99. The molecule has 0 radical (unpaired) electrons. The van der Waals surface area contributed by atoms with Crippen molar-refractivity contribution >= 4 is 11.8 Å². The van der Waals surface area contributed by atoms with Gasteiger partial charge in [0.05, 0.1) is 17.8 Å². The molecule has 2 heterocycles. The van der Waals surface area contributed by atoms with E-state index in [0.717, 1.165) is 12.8 Å². The number of nitrogens with one attached hydrogen (secondary N) is 2. The lowest BCUT2D eigenvalue weighted by Crippen LogP contribution is -2.38. The Morgan fingerprint density at radius 3 is 2.64 bits per heavy atom. The van der Waals surface area contributed by atoms with Crippen molar-refractivity contribution in [3.05, 3.63) is 30.1 Å². The number of amides is 2. The van der Waals surface area contributed by atoms with Crippen LogP contribution in [0.15, 0.2) is 18.7 Å². The summed E-state index contributed by atoms with van der Waals surface area (Å²) in [6.07, 6.45) is 10.4. The normalized spacial score (nSPS) is 16.1. The molecule has 1 fully saturated rings. The van der Waals surface area contributed by atoms with Crippen LogP contribution in [0.1, 0.15) is 68.2 Å². The second-order valence-corrected chi connectivity index (χ2v) is 7.82. The fourth-order valence-electron chi connectivity index (χ4n) is 3.56. The van der Waals surface area contributed by atoms with Gasteiger partial charge in [-0.2, -0.15) is 5.10 Å². The molecule has 1 aliphatic rings.